The van der Waals surface area contributed by atoms with Crippen molar-refractivity contribution in [1.82, 2.24) is 10.2 Å². The van der Waals surface area contributed by atoms with Gasteiger partial charge in [0.25, 0.3) is 0 Å². The zero-order valence-electron chi connectivity index (χ0n) is 16.5. The molecule has 2 rings (SSSR count). The van der Waals surface area contributed by atoms with Crippen molar-refractivity contribution < 1.29 is 9.47 Å². The number of nitrogens with one attached hydrogen (secondary N) is 1. The van der Waals surface area contributed by atoms with Gasteiger partial charge in [0.15, 0.2) is 5.96 Å². The summed E-state index contributed by atoms with van der Waals surface area (Å²) in [6.07, 6.45) is 4.35. The van der Waals surface area contributed by atoms with Gasteiger partial charge in [-0.25, -0.2) is 0 Å². The molecule has 0 atom stereocenters. The topological polar surface area (TPSA) is 46.1 Å². The largest absolute Gasteiger partial charge is 0.385 e. The van der Waals surface area contributed by atoms with Crippen molar-refractivity contribution in [1.29, 1.82) is 0 Å². The van der Waals surface area contributed by atoms with Crippen LogP contribution in [0, 0.1) is 0 Å². The van der Waals surface area contributed by atoms with Crippen LogP contribution in [-0.2, 0) is 15.9 Å². The fourth-order valence-electron chi connectivity index (χ4n) is 3.06. The molecule has 0 radical (unpaired) electrons. The summed E-state index contributed by atoms with van der Waals surface area (Å²) in [5.74, 6) is 1.01. The molecule has 0 aromatic heterocycles. The highest BCUT2D eigenvalue weighted by atomic mass is 127. The van der Waals surface area contributed by atoms with Crippen molar-refractivity contribution >= 4 is 41.5 Å². The van der Waals surface area contributed by atoms with Gasteiger partial charge in [-0.3, -0.25) is 4.99 Å². The number of ether oxygens (including phenoxy) is 2. The highest BCUT2D eigenvalue weighted by Gasteiger charge is 2.21. The SMILES string of the molecule is CCNC(=NCCc1ccc(Cl)cc1)N1CCC(OCCCOC)CC1.I. The van der Waals surface area contributed by atoms with E-state index in [1.807, 2.05) is 12.1 Å². The lowest BCUT2D eigenvalue weighted by atomic mass is 10.1. The average molecular weight is 510 g/mol. The van der Waals surface area contributed by atoms with Crippen LogP contribution in [0.3, 0.4) is 0 Å². The van der Waals surface area contributed by atoms with Gasteiger partial charge < -0.3 is 19.7 Å². The molecule has 1 fully saturated rings. The lowest BCUT2D eigenvalue weighted by Crippen LogP contribution is -2.47. The number of halogens is 2. The van der Waals surface area contributed by atoms with Crippen molar-refractivity contribution in [2.45, 2.75) is 38.7 Å². The van der Waals surface area contributed by atoms with Gasteiger partial charge in [-0.2, -0.15) is 0 Å². The van der Waals surface area contributed by atoms with Crippen LogP contribution in [0.25, 0.3) is 0 Å². The quantitative estimate of drug-likeness (QED) is 0.237. The smallest absolute Gasteiger partial charge is 0.193 e. The van der Waals surface area contributed by atoms with Crippen LogP contribution in [0.5, 0.6) is 0 Å². The third-order valence-corrected chi connectivity index (χ3v) is 4.75. The second-order valence-electron chi connectivity index (χ2n) is 6.52. The van der Waals surface area contributed by atoms with Gasteiger partial charge >= 0.3 is 0 Å². The van der Waals surface area contributed by atoms with E-state index in [-0.39, 0.29) is 24.0 Å². The van der Waals surface area contributed by atoms with E-state index < -0.39 is 0 Å². The summed E-state index contributed by atoms with van der Waals surface area (Å²) < 4.78 is 11.0. The lowest BCUT2D eigenvalue weighted by molar-refractivity contribution is 0.00991. The van der Waals surface area contributed by atoms with Crippen LogP contribution >= 0.6 is 35.6 Å². The van der Waals surface area contributed by atoms with Crippen LogP contribution in [0.2, 0.25) is 5.02 Å². The summed E-state index contributed by atoms with van der Waals surface area (Å²) >= 11 is 5.94. The van der Waals surface area contributed by atoms with Crippen molar-refractivity contribution in [2.75, 3.05) is 46.5 Å². The third kappa shape index (κ3) is 9.45. The van der Waals surface area contributed by atoms with E-state index in [0.29, 0.717) is 6.10 Å². The second-order valence-corrected chi connectivity index (χ2v) is 6.95. The van der Waals surface area contributed by atoms with E-state index in [0.717, 1.165) is 76.1 Å². The maximum atomic E-state index is 5.94. The van der Waals surface area contributed by atoms with Crippen molar-refractivity contribution in [3.05, 3.63) is 34.9 Å². The summed E-state index contributed by atoms with van der Waals surface area (Å²) in [6.45, 7) is 7.30. The first-order chi connectivity index (χ1) is 12.7. The number of methoxy groups -OCH3 is 1. The molecule has 0 saturated carbocycles. The Morgan fingerprint density at radius 1 is 1.22 bits per heavy atom. The van der Waals surface area contributed by atoms with Crippen molar-refractivity contribution in [3.63, 3.8) is 0 Å². The zero-order chi connectivity index (χ0) is 18.6. The normalized spacial score (nSPS) is 15.5. The Balaban J connectivity index is 0.00000364. The van der Waals surface area contributed by atoms with Crippen LogP contribution in [0.4, 0.5) is 0 Å². The molecular weight excluding hydrogens is 477 g/mol. The minimum absolute atomic E-state index is 0. The third-order valence-electron chi connectivity index (χ3n) is 4.50. The highest BCUT2D eigenvalue weighted by molar-refractivity contribution is 14.0. The highest BCUT2D eigenvalue weighted by Crippen LogP contribution is 2.14. The van der Waals surface area contributed by atoms with Crippen molar-refractivity contribution in [2.24, 2.45) is 4.99 Å². The summed E-state index contributed by atoms with van der Waals surface area (Å²) in [6, 6.07) is 8.00. The first-order valence-electron chi connectivity index (χ1n) is 9.61. The molecule has 1 aromatic rings. The Bertz CT molecular complexity index is 535. The van der Waals surface area contributed by atoms with Gasteiger partial charge in [0.1, 0.15) is 0 Å². The van der Waals surface area contributed by atoms with Crippen LogP contribution < -0.4 is 5.32 Å². The lowest BCUT2D eigenvalue weighted by Gasteiger charge is -2.34. The molecule has 1 saturated heterocycles. The molecule has 0 bridgehead atoms. The molecular formula is C20H33ClIN3O2. The number of benzene rings is 1. The molecule has 1 aliphatic heterocycles. The van der Waals surface area contributed by atoms with Gasteiger partial charge in [-0.1, -0.05) is 23.7 Å². The first kappa shape index (κ1) is 24.5. The fourth-order valence-corrected chi connectivity index (χ4v) is 3.18. The number of aliphatic imine (C=N–C) groups is 1. The summed E-state index contributed by atoms with van der Waals surface area (Å²) in [5, 5.41) is 4.20. The summed E-state index contributed by atoms with van der Waals surface area (Å²) in [7, 11) is 1.73. The Labute approximate surface area is 185 Å². The molecule has 0 amide bonds. The van der Waals surface area contributed by atoms with Crippen LogP contribution in [0.15, 0.2) is 29.3 Å². The van der Waals surface area contributed by atoms with Crippen LogP contribution in [-0.4, -0.2) is 63.5 Å². The number of likely N-dealkylation sites (tertiary alicyclic amines) is 1. The summed E-state index contributed by atoms with van der Waals surface area (Å²) in [4.78, 5) is 7.16. The van der Waals surface area contributed by atoms with Gasteiger partial charge in [0.2, 0.25) is 0 Å². The van der Waals surface area contributed by atoms with E-state index in [9.17, 15) is 0 Å². The molecule has 5 nitrogen and oxygen atoms in total. The van der Waals surface area contributed by atoms with E-state index in [1.165, 1.54) is 5.56 Å². The van der Waals surface area contributed by atoms with Gasteiger partial charge in [-0.05, 0) is 50.3 Å². The molecule has 27 heavy (non-hydrogen) atoms. The number of piperidine rings is 1. The van der Waals surface area contributed by atoms with Crippen LogP contribution in [0.1, 0.15) is 31.7 Å². The minimum Gasteiger partial charge on any atom is -0.385 e. The van der Waals surface area contributed by atoms with E-state index in [4.69, 9.17) is 26.1 Å². The number of guanidine groups is 1. The predicted molar refractivity (Wildman–Crippen MR) is 124 cm³/mol. The summed E-state index contributed by atoms with van der Waals surface area (Å²) in [5.41, 5.74) is 1.26. The predicted octanol–water partition coefficient (Wildman–Crippen LogP) is 3.98. The van der Waals surface area contributed by atoms with E-state index >= 15 is 0 Å². The maximum absolute atomic E-state index is 5.94. The standard InChI is InChI=1S/C20H32ClN3O2.HI/c1-3-22-20(23-12-9-17-5-7-18(21)8-6-17)24-13-10-19(11-14-24)26-16-4-15-25-2;/h5-8,19H,3-4,9-16H2,1-2H3,(H,22,23);1H. The van der Waals surface area contributed by atoms with Gasteiger partial charge in [-0.15, -0.1) is 24.0 Å². The Morgan fingerprint density at radius 3 is 2.56 bits per heavy atom. The number of hydrogen-bond acceptors (Lipinski definition) is 3. The number of hydrogen-bond donors (Lipinski definition) is 1. The molecule has 154 valence electrons. The minimum atomic E-state index is 0. The number of nitrogens with zero attached hydrogens (tertiary/aromatic N) is 2. The van der Waals surface area contributed by atoms with Crippen molar-refractivity contribution in [3.8, 4) is 0 Å². The average Bonchev–Trinajstić information content (AvgIpc) is 2.67. The van der Waals surface area contributed by atoms with Gasteiger partial charge in [0.05, 0.1) is 6.10 Å². The Hall–Kier alpha value is -0.570. The molecule has 1 aliphatic rings. The molecule has 1 N–H and O–H groups in total. The van der Waals surface area contributed by atoms with E-state index in [2.05, 4.69) is 29.3 Å². The molecule has 1 aromatic carbocycles. The van der Waals surface area contributed by atoms with E-state index in [1.54, 1.807) is 7.11 Å². The molecule has 7 heteroatoms. The zero-order valence-corrected chi connectivity index (χ0v) is 19.5. The fraction of sp³-hybridized carbons (Fsp3) is 0.650. The first-order valence-corrected chi connectivity index (χ1v) is 9.99. The Morgan fingerprint density at radius 2 is 1.93 bits per heavy atom. The molecule has 1 heterocycles. The second kappa shape index (κ2) is 14.4. The monoisotopic (exact) mass is 509 g/mol. The maximum Gasteiger partial charge on any atom is 0.193 e. The van der Waals surface area contributed by atoms with Gasteiger partial charge in [0, 0.05) is 51.5 Å². The number of rotatable bonds is 9. The Kier molecular flexibility index (Phi) is 13.1. The molecule has 0 aliphatic carbocycles. The molecule has 0 unspecified atom stereocenters. The molecule has 0 spiro atoms.